The zero-order valence-electron chi connectivity index (χ0n) is 8.15. The molecule has 1 aromatic carbocycles. The van der Waals surface area contributed by atoms with Gasteiger partial charge in [0.25, 0.3) is 5.91 Å². The van der Waals surface area contributed by atoms with E-state index >= 15 is 0 Å². The highest BCUT2D eigenvalue weighted by molar-refractivity contribution is 6.46. The Bertz CT molecular complexity index is 523. The summed E-state index contributed by atoms with van der Waals surface area (Å²) in [5.74, 6) is -0.462. The smallest absolute Gasteiger partial charge is 0.323 e. The van der Waals surface area contributed by atoms with E-state index in [-0.39, 0.29) is 5.71 Å². The maximum atomic E-state index is 11.5. The highest BCUT2D eigenvalue weighted by atomic mass is 16.2. The molecule has 0 bridgehead atoms. The summed E-state index contributed by atoms with van der Waals surface area (Å²) in [7, 11) is 0. The van der Waals surface area contributed by atoms with E-state index in [0.29, 0.717) is 5.69 Å². The molecule has 3 N–H and O–H groups in total. The molecule has 16 heavy (non-hydrogen) atoms. The molecule has 1 atom stereocenters. The summed E-state index contributed by atoms with van der Waals surface area (Å²) in [6.07, 6.45) is -0.545. The Morgan fingerprint density at radius 2 is 1.94 bits per heavy atom. The molecule has 0 radical (unpaired) electrons. The molecular formula is C10H8N4O2. The van der Waals surface area contributed by atoms with Crippen LogP contribution in [-0.4, -0.2) is 23.8 Å². The van der Waals surface area contributed by atoms with E-state index in [4.69, 9.17) is 0 Å². The third-order valence-corrected chi connectivity index (χ3v) is 2.45. The molecule has 6 heteroatoms. The van der Waals surface area contributed by atoms with Gasteiger partial charge in [0.1, 0.15) is 11.9 Å². The second kappa shape index (κ2) is 3.06. The lowest BCUT2D eigenvalue weighted by Gasteiger charge is -2.30. The van der Waals surface area contributed by atoms with Gasteiger partial charge in [-0.25, -0.2) is 9.79 Å². The third kappa shape index (κ3) is 1.23. The van der Waals surface area contributed by atoms with Crippen molar-refractivity contribution in [2.45, 2.75) is 6.17 Å². The molecule has 6 nitrogen and oxygen atoms in total. The molecule has 3 rings (SSSR count). The number of aliphatic imine (C=N–C) groups is 1. The van der Waals surface area contributed by atoms with Gasteiger partial charge in [-0.3, -0.25) is 10.1 Å². The van der Waals surface area contributed by atoms with Crippen molar-refractivity contribution in [3.63, 3.8) is 0 Å². The van der Waals surface area contributed by atoms with Gasteiger partial charge in [0.2, 0.25) is 0 Å². The van der Waals surface area contributed by atoms with Crippen molar-refractivity contribution in [2.75, 3.05) is 5.32 Å². The Morgan fingerprint density at radius 1 is 1.12 bits per heavy atom. The van der Waals surface area contributed by atoms with E-state index in [9.17, 15) is 9.59 Å². The van der Waals surface area contributed by atoms with Crippen molar-refractivity contribution in [3.8, 4) is 0 Å². The van der Waals surface area contributed by atoms with Crippen LogP contribution in [0.4, 0.5) is 16.2 Å². The number of para-hydroxylation sites is 2. The van der Waals surface area contributed by atoms with Gasteiger partial charge in [-0.2, -0.15) is 0 Å². The Morgan fingerprint density at radius 3 is 2.81 bits per heavy atom. The van der Waals surface area contributed by atoms with E-state index in [2.05, 4.69) is 20.9 Å². The second-order valence-corrected chi connectivity index (χ2v) is 3.52. The van der Waals surface area contributed by atoms with Crippen LogP contribution < -0.4 is 16.0 Å². The molecule has 3 amide bonds. The number of anilines is 1. The van der Waals surface area contributed by atoms with Crippen LogP contribution in [0.5, 0.6) is 0 Å². The van der Waals surface area contributed by atoms with Gasteiger partial charge in [-0.15, -0.1) is 0 Å². The fraction of sp³-hybridized carbons (Fsp3) is 0.100. The number of nitrogens with one attached hydrogen (secondary N) is 3. The van der Waals surface area contributed by atoms with Crippen molar-refractivity contribution in [3.05, 3.63) is 24.3 Å². The quantitative estimate of drug-likeness (QED) is 0.585. The summed E-state index contributed by atoms with van der Waals surface area (Å²) < 4.78 is 0. The van der Waals surface area contributed by atoms with Crippen LogP contribution in [0, 0.1) is 0 Å². The fourth-order valence-corrected chi connectivity index (χ4v) is 1.73. The number of carbonyl (C=O) groups excluding carboxylic acids is 2. The molecule has 1 unspecified atom stereocenters. The zero-order valence-corrected chi connectivity index (χ0v) is 8.15. The number of carbonyl (C=O) groups is 2. The summed E-state index contributed by atoms with van der Waals surface area (Å²) in [5.41, 5.74) is 1.77. The monoisotopic (exact) mass is 216 g/mol. The van der Waals surface area contributed by atoms with E-state index in [1.165, 1.54) is 0 Å². The number of nitrogens with zero attached hydrogens (tertiary/aromatic N) is 1. The van der Waals surface area contributed by atoms with Crippen LogP contribution in [0.1, 0.15) is 0 Å². The summed E-state index contributed by atoms with van der Waals surface area (Å²) in [5, 5.41) is 7.76. The Kier molecular flexibility index (Phi) is 1.70. The molecule has 0 spiro atoms. The Balaban J connectivity index is 2.08. The van der Waals surface area contributed by atoms with Crippen LogP contribution in [0.3, 0.4) is 0 Å². The summed E-state index contributed by atoms with van der Waals surface area (Å²) in [6, 6.07) is 6.82. The van der Waals surface area contributed by atoms with Crippen molar-refractivity contribution in [2.24, 2.45) is 4.99 Å². The normalized spacial score (nSPS) is 22.0. The minimum Gasteiger partial charge on any atom is -0.358 e. The molecule has 2 heterocycles. The average molecular weight is 216 g/mol. The van der Waals surface area contributed by atoms with Crippen molar-refractivity contribution >= 4 is 29.0 Å². The first-order valence-electron chi connectivity index (χ1n) is 4.80. The van der Waals surface area contributed by atoms with Crippen LogP contribution in [-0.2, 0) is 4.79 Å². The highest BCUT2D eigenvalue weighted by Gasteiger charge is 2.34. The number of benzene rings is 1. The minimum atomic E-state index is -0.545. The fourth-order valence-electron chi connectivity index (χ4n) is 1.73. The molecule has 0 aromatic heterocycles. The van der Waals surface area contributed by atoms with E-state index in [1.54, 1.807) is 6.07 Å². The lowest BCUT2D eigenvalue weighted by molar-refractivity contribution is -0.114. The molecule has 2 aliphatic rings. The van der Waals surface area contributed by atoms with Gasteiger partial charge >= 0.3 is 6.03 Å². The second-order valence-electron chi connectivity index (χ2n) is 3.52. The first-order valence-corrected chi connectivity index (χ1v) is 4.80. The summed E-state index contributed by atoms with van der Waals surface area (Å²) in [6.45, 7) is 0. The summed E-state index contributed by atoms with van der Waals surface area (Å²) >= 11 is 0. The number of urea groups is 1. The molecule has 1 saturated heterocycles. The number of hydrogen-bond donors (Lipinski definition) is 3. The molecule has 1 fully saturated rings. The highest BCUT2D eigenvalue weighted by Crippen LogP contribution is 2.29. The van der Waals surface area contributed by atoms with Gasteiger partial charge in [0.15, 0.2) is 0 Å². The van der Waals surface area contributed by atoms with E-state index < -0.39 is 18.1 Å². The van der Waals surface area contributed by atoms with Gasteiger partial charge < -0.3 is 10.6 Å². The number of rotatable bonds is 0. The topological polar surface area (TPSA) is 82.6 Å². The standard InChI is InChI=1S/C10H8N4O2/c15-9-7-8(13-10(16)14-9)12-6-4-2-1-3-5(6)11-7/h1-4,8,12H,(H2,13,14,15,16). The SMILES string of the molecule is O=C1NC(=O)C2=Nc3ccccc3NC2N1. The van der Waals surface area contributed by atoms with Crippen molar-refractivity contribution < 1.29 is 9.59 Å². The van der Waals surface area contributed by atoms with Crippen LogP contribution in [0.15, 0.2) is 29.3 Å². The predicted octanol–water partition coefficient (Wildman–Crippen LogP) is 0.350. The van der Waals surface area contributed by atoms with Gasteiger partial charge in [-0.1, -0.05) is 12.1 Å². The minimum absolute atomic E-state index is 0.276. The van der Waals surface area contributed by atoms with Crippen molar-refractivity contribution in [1.82, 2.24) is 10.6 Å². The molecule has 1 aromatic rings. The number of fused-ring (bicyclic) bond motifs is 2. The zero-order chi connectivity index (χ0) is 11.1. The molecule has 80 valence electrons. The van der Waals surface area contributed by atoms with Gasteiger partial charge in [-0.05, 0) is 12.1 Å². The largest absolute Gasteiger partial charge is 0.358 e. The van der Waals surface area contributed by atoms with Gasteiger partial charge in [0.05, 0.1) is 11.4 Å². The van der Waals surface area contributed by atoms with Crippen LogP contribution >= 0.6 is 0 Å². The van der Waals surface area contributed by atoms with Crippen LogP contribution in [0.2, 0.25) is 0 Å². The van der Waals surface area contributed by atoms with E-state index in [1.807, 2.05) is 18.2 Å². The molecule has 2 aliphatic heterocycles. The first kappa shape index (κ1) is 8.90. The average Bonchev–Trinajstić information content (AvgIpc) is 2.27. The lowest BCUT2D eigenvalue weighted by atomic mass is 10.1. The molecule has 0 saturated carbocycles. The van der Waals surface area contributed by atoms with Crippen molar-refractivity contribution in [1.29, 1.82) is 0 Å². The first-order chi connectivity index (χ1) is 7.74. The van der Waals surface area contributed by atoms with E-state index in [0.717, 1.165) is 5.69 Å². The van der Waals surface area contributed by atoms with Crippen LogP contribution in [0.25, 0.3) is 0 Å². The molecule has 0 aliphatic carbocycles. The summed E-state index contributed by atoms with van der Waals surface area (Å²) in [4.78, 5) is 26.8. The maximum absolute atomic E-state index is 11.5. The number of imide groups is 1. The maximum Gasteiger partial charge on any atom is 0.323 e. The Hall–Kier alpha value is -2.37. The predicted molar refractivity (Wildman–Crippen MR) is 57.6 cm³/mol. The molecular weight excluding hydrogens is 208 g/mol. The number of amides is 3. The number of hydrogen-bond acceptors (Lipinski definition) is 4. The Labute approximate surface area is 90.7 Å². The lowest BCUT2D eigenvalue weighted by Crippen LogP contribution is -2.62. The third-order valence-electron chi connectivity index (χ3n) is 2.45. The van der Waals surface area contributed by atoms with Gasteiger partial charge in [0, 0.05) is 0 Å².